The van der Waals surface area contributed by atoms with E-state index in [1.54, 1.807) is 33.0 Å². The fourth-order valence-corrected chi connectivity index (χ4v) is 4.98. The smallest absolute Gasteiger partial charge is 0.410 e. The minimum Gasteiger partial charge on any atom is -0.475 e. The highest BCUT2D eigenvalue weighted by Gasteiger charge is 2.36. The summed E-state index contributed by atoms with van der Waals surface area (Å²) in [5, 5.41) is 0. The number of likely N-dealkylation sites (N-methyl/N-ethyl adjacent to an activating group) is 2. The zero-order chi connectivity index (χ0) is 30.8. The quantitative estimate of drug-likeness (QED) is 0.158. The molecule has 0 aliphatic carbocycles. The lowest BCUT2D eigenvalue weighted by Crippen LogP contribution is -2.56. The normalized spacial score (nSPS) is 17.6. The summed E-state index contributed by atoms with van der Waals surface area (Å²) in [7, 11) is 3.64. The second-order valence-corrected chi connectivity index (χ2v) is 12.4. The first-order valence-electron chi connectivity index (χ1n) is 14.6. The zero-order valence-electron chi connectivity index (χ0n) is 26.1. The molecule has 11 nitrogen and oxygen atoms in total. The summed E-state index contributed by atoms with van der Waals surface area (Å²) in [5.74, 6) is 0.451. The van der Waals surface area contributed by atoms with Gasteiger partial charge in [-0.3, -0.25) is 9.28 Å². The van der Waals surface area contributed by atoms with Crippen molar-refractivity contribution in [1.29, 1.82) is 0 Å². The van der Waals surface area contributed by atoms with Gasteiger partial charge in [0.15, 0.2) is 0 Å². The van der Waals surface area contributed by atoms with Crippen LogP contribution in [0.3, 0.4) is 0 Å². The van der Waals surface area contributed by atoms with Gasteiger partial charge in [0.25, 0.3) is 5.88 Å². The van der Waals surface area contributed by atoms with Gasteiger partial charge in [0, 0.05) is 32.2 Å². The number of ether oxygens (including phenoxy) is 4. The van der Waals surface area contributed by atoms with E-state index in [1.807, 2.05) is 13.0 Å². The summed E-state index contributed by atoms with van der Waals surface area (Å²) in [5.41, 5.74) is 1.90. The fourth-order valence-electron chi connectivity index (χ4n) is 4.45. The molecule has 3 heterocycles. The Morgan fingerprint density at radius 2 is 1.95 bits per heavy atom. The molecule has 42 heavy (non-hydrogen) atoms. The van der Waals surface area contributed by atoms with Gasteiger partial charge >= 0.3 is 12.1 Å². The first-order valence-corrected chi connectivity index (χ1v) is 15.3. The molecule has 1 aliphatic rings. The molecule has 2 aromatic rings. The van der Waals surface area contributed by atoms with Crippen molar-refractivity contribution < 1.29 is 33.0 Å². The molecule has 0 bridgehead atoms. The van der Waals surface area contributed by atoms with E-state index in [-0.39, 0.29) is 19.4 Å². The van der Waals surface area contributed by atoms with Gasteiger partial charge in [-0.05, 0) is 39.3 Å². The molecule has 0 saturated heterocycles. The van der Waals surface area contributed by atoms with Crippen LogP contribution in [0.5, 0.6) is 11.8 Å². The molecule has 0 aromatic carbocycles. The number of carbonyl (C=O) groups is 2. The molecule has 232 valence electrons. The Hall–Kier alpha value is -3.25. The lowest BCUT2D eigenvalue weighted by atomic mass is 10.0. The molecule has 2 unspecified atom stereocenters. The van der Waals surface area contributed by atoms with Gasteiger partial charge in [0.1, 0.15) is 31.0 Å². The van der Waals surface area contributed by atoms with E-state index in [0.29, 0.717) is 35.0 Å². The average molecular weight is 605 g/mol. The minimum atomic E-state index is -0.654. The molecule has 0 spiro atoms. The van der Waals surface area contributed by atoms with Crippen molar-refractivity contribution in [3.63, 3.8) is 0 Å². The third-order valence-electron chi connectivity index (χ3n) is 7.03. The van der Waals surface area contributed by atoms with E-state index < -0.39 is 17.7 Å². The first kappa shape index (κ1) is 33.3. The van der Waals surface area contributed by atoms with Crippen molar-refractivity contribution >= 4 is 29.4 Å². The molecule has 3 rings (SSSR count). The third-order valence-corrected chi connectivity index (χ3v) is 7.54. The van der Waals surface area contributed by atoms with Gasteiger partial charge in [-0.1, -0.05) is 32.3 Å². The van der Waals surface area contributed by atoms with Gasteiger partial charge < -0.3 is 23.8 Å². The van der Waals surface area contributed by atoms with E-state index in [1.165, 1.54) is 36.5 Å². The van der Waals surface area contributed by atoms with E-state index in [4.69, 9.17) is 18.9 Å². The Morgan fingerprint density at radius 3 is 2.69 bits per heavy atom. The summed E-state index contributed by atoms with van der Waals surface area (Å²) in [6.45, 7) is 11.5. The topological polar surface area (TPSA) is 113 Å². The first-order chi connectivity index (χ1) is 19.9. The Kier molecular flexibility index (Phi) is 12.1. The van der Waals surface area contributed by atoms with Crippen molar-refractivity contribution in [2.75, 3.05) is 40.3 Å². The number of unbranched alkanes of at least 4 members (excludes halogenated alkanes) is 3. The number of amides is 1. The van der Waals surface area contributed by atoms with Crippen LogP contribution in [-0.2, 0) is 20.9 Å². The second-order valence-electron chi connectivity index (χ2n) is 11.9. The number of nitrogens with zero attached hydrogens (tertiary/aromatic N) is 5. The molecule has 1 amide bonds. The van der Waals surface area contributed by atoms with Crippen molar-refractivity contribution in [3.8, 4) is 11.8 Å². The number of hydrogen-bond donors (Lipinski definition) is 0. The molecule has 0 radical (unpaired) electrons. The van der Waals surface area contributed by atoms with Gasteiger partial charge in [-0.2, -0.15) is 4.37 Å². The highest BCUT2D eigenvalue weighted by atomic mass is 32.1. The van der Waals surface area contributed by atoms with E-state index >= 15 is 0 Å². The van der Waals surface area contributed by atoms with E-state index in [0.717, 1.165) is 37.1 Å². The predicted molar refractivity (Wildman–Crippen MR) is 161 cm³/mol. The maximum atomic E-state index is 12.5. The van der Waals surface area contributed by atoms with Gasteiger partial charge in [-0.15, -0.1) is 4.37 Å². The largest absolute Gasteiger partial charge is 0.475 e. The molecule has 1 aliphatic heterocycles. The zero-order valence-corrected chi connectivity index (χ0v) is 26.9. The number of aromatic nitrogens is 3. The second kappa shape index (κ2) is 15.3. The Labute approximate surface area is 253 Å². The molecule has 0 N–H and O–H groups in total. The number of esters is 1. The number of rotatable bonds is 14. The molecular weight excluding hydrogens is 558 g/mol. The Bertz CT molecular complexity index is 1210. The summed E-state index contributed by atoms with van der Waals surface area (Å²) in [6, 6.07) is 3.58. The lowest BCUT2D eigenvalue weighted by Gasteiger charge is -2.41. The standard InChI is InChI=1S/C30H46N5O6S/c1-8-9-10-11-18-38-28-26(32-42-33-28)23-15-13-17-35(7,20-23)22(2)40-27-24(14-12-16-31-27)21-39-25(36)19-34(6)29(37)41-30(3,4)5/h12,14-16,22H,8-11,13,17-21H2,1-7H3/q+1. The van der Waals surface area contributed by atoms with Crippen molar-refractivity contribution in [3.05, 3.63) is 35.7 Å². The van der Waals surface area contributed by atoms with Gasteiger partial charge in [-0.25, -0.2) is 9.78 Å². The average Bonchev–Trinajstić information content (AvgIpc) is 3.40. The molecule has 12 heteroatoms. The third kappa shape index (κ3) is 9.94. The van der Waals surface area contributed by atoms with Crippen LogP contribution in [0.1, 0.15) is 78.0 Å². The minimum absolute atomic E-state index is 0.0325. The van der Waals surface area contributed by atoms with Crippen molar-refractivity contribution in [2.24, 2.45) is 0 Å². The SMILES string of the molecule is CCCCCCOc1nsnc1C1=CCC[N+](C)(C(C)Oc2ncccc2COC(=O)CN(C)C(=O)OC(C)(C)C)C1. The Morgan fingerprint density at radius 1 is 1.17 bits per heavy atom. The van der Waals surface area contributed by atoms with Crippen molar-refractivity contribution in [2.45, 2.75) is 85.2 Å². The number of hydrogen-bond acceptors (Lipinski definition) is 10. The summed E-state index contributed by atoms with van der Waals surface area (Å²) in [4.78, 5) is 30.2. The van der Waals surface area contributed by atoms with Crippen LogP contribution in [0.4, 0.5) is 4.79 Å². The van der Waals surface area contributed by atoms with Crippen molar-refractivity contribution in [1.82, 2.24) is 18.6 Å². The summed E-state index contributed by atoms with van der Waals surface area (Å²) < 4.78 is 32.7. The van der Waals surface area contributed by atoms with E-state index in [2.05, 4.69) is 33.8 Å². The molecule has 0 saturated carbocycles. The van der Waals surface area contributed by atoms with Crippen LogP contribution in [0.15, 0.2) is 24.4 Å². The molecule has 2 aromatic heterocycles. The summed E-state index contributed by atoms with van der Waals surface area (Å²) in [6.07, 6.45) is 8.43. The van der Waals surface area contributed by atoms with Crippen LogP contribution < -0.4 is 9.47 Å². The number of carbonyl (C=O) groups excluding carboxylic acids is 2. The van der Waals surface area contributed by atoms with Crippen LogP contribution in [0.2, 0.25) is 0 Å². The van der Waals surface area contributed by atoms with Crippen LogP contribution >= 0.6 is 11.7 Å². The lowest BCUT2D eigenvalue weighted by molar-refractivity contribution is -0.943. The van der Waals surface area contributed by atoms with E-state index in [9.17, 15) is 9.59 Å². The molecule has 2 atom stereocenters. The fraction of sp³-hybridized carbons (Fsp3) is 0.633. The molecular formula is C30H46N5O6S+. The van der Waals surface area contributed by atoms with Gasteiger partial charge in [0.05, 0.1) is 37.5 Å². The van der Waals surface area contributed by atoms with Crippen LogP contribution in [0, 0.1) is 0 Å². The predicted octanol–water partition coefficient (Wildman–Crippen LogP) is 5.46. The van der Waals surface area contributed by atoms with Crippen LogP contribution in [-0.4, -0.2) is 87.3 Å². The monoisotopic (exact) mass is 604 g/mol. The maximum absolute atomic E-state index is 12.5. The van der Waals surface area contributed by atoms with Gasteiger partial charge in [0.2, 0.25) is 12.1 Å². The summed E-state index contributed by atoms with van der Waals surface area (Å²) >= 11 is 1.17. The number of quaternary nitrogens is 1. The number of pyridine rings is 1. The van der Waals surface area contributed by atoms with Crippen LogP contribution in [0.25, 0.3) is 5.57 Å². The highest BCUT2D eigenvalue weighted by Crippen LogP contribution is 2.32. The highest BCUT2D eigenvalue weighted by molar-refractivity contribution is 6.99. The maximum Gasteiger partial charge on any atom is 0.410 e. The molecule has 0 fully saturated rings. The Balaban J connectivity index is 1.58.